The molecule has 0 saturated carbocycles. The summed E-state index contributed by atoms with van der Waals surface area (Å²) in [4.78, 5) is 22.8. The van der Waals surface area contributed by atoms with Crippen LogP contribution < -0.4 is 14.8 Å². The zero-order valence-electron chi connectivity index (χ0n) is 13.1. The first-order valence-electron chi connectivity index (χ1n) is 7.06. The van der Waals surface area contributed by atoms with Gasteiger partial charge >= 0.3 is 6.18 Å². The first-order chi connectivity index (χ1) is 11.8. The average Bonchev–Trinajstić information content (AvgIpc) is 2.59. The van der Waals surface area contributed by atoms with E-state index >= 15 is 0 Å². The van der Waals surface area contributed by atoms with E-state index < -0.39 is 24.3 Å². The Bertz CT molecular complexity index is 757. The summed E-state index contributed by atoms with van der Waals surface area (Å²) in [6.45, 7) is -0.409. The molecule has 5 nitrogen and oxygen atoms in total. The maximum absolute atomic E-state index is 12.5. The highest BCUT2D eigenvalue weighted by atomic mass is 19.4. The van der Waals surface area contributed by atoms with Gasteiger partial charge < -0.3 is 14.8 Å². The van der Waals surface area contributed by atoms with Crippen molar-refractivity contribution in [3.05, 3.63) is 53.6 Å². The van der Waals surface area contributed by atoms with Gasteiger partial charge in [0.25, 0.3) is 5.91 Å². The van der Waals surface area contributed by atoms with Gasteiger partial charge in [0, 0.05) is 5.69 Å². The summed E-state index contributed by atoms with van der Waals surface area (Å²) in [7, 11) is 1.45. The van der Waals surface area contributed by atoms with Gasteiger partial charge in [0.1, 0.15) is 11.5 Å². The molecule has 132 valence electrons. The van der Waals surface area contributed by atoms with Crippen LogP contribution in [-0.2, 0) is 11.0 Å². The molecule has 25 heavy (non-hydrogen) atoms. The van der Waals surface area contributed by atoms with Crippen molar-refractivity contribution in [2.75, 3.05) is 19.0 Å². The van der Waals surface area contributed by atoms with E-state index in [0.29, 0.717) is 12.0 Å². The molecule has 1 N–H and O–H groups in total. The smallest absolute Gasteiger partial charge is 0.416 e. The molecule has 0 heterocycles. The first-order valence-corrected chi connectivity index (χ1v) is 7.06. The molecule has 1 amide bonds. The van der Waals surface area contributed by atoms with Gasteiger partial charge in [-0.3, -0.25) is 9.59 Å². The monoisotopic (exact) mass is 353 g/mol. The van der Waals surface area contributed by atoms with Crippen LogP contribution in [0.3, 0.4) is 0 Å². The van der Waals surface area contributed by atoms with Crippen molar-refractivity contribution < 1.29 is 32.2 Å². The number of alkyl halides is 3. The standard InChI is InChI=1S/C17H14F3NO4/c1-24-14-6-7-15(11(8-14)9-22)25-10-16(23)21-13-4-2-12(3-5-13)17(18,19)20/h2-9H,10H2,1H3,(H,21,23). The molecule has 0 fully saturated rings. The predicted molar refractivity (Wildman–Crippen MR) is 84.0 cm³/mol. The van der Waals surface area contributed by atoms with Crippen LogP contribution in [0.25, 0.3) is 0 Å². The first kappa shape index (κ1) is 18.3. The van der Waals surface area contributed by atoms with Crippen LogP contribution in [0.2, 0.25) is 0 Å². The number of anilines is 1. The third-order valence-electron chi connectivity index (χ3n) is 3.20. The van der Waals surface area contributed by atoms with Gasteiger partial charge in [-0.2, -0.15) is 13.2 Å². The summed E-state index contributed by atoms with van der Waals surface area (Å²) in [5.74, 6) is 0.0782. The van der Waals surface area contributed by atoms with Crippen molar-refractivity contribution in [1.82, 2.24) is 0 Å². The number of methoxy groups -OCH3 is 1. The minimum absolute atomic E-state index is 0.193. The SMILES string of the molecule is COc1ccc(OCC(=O)Nc2ccc(C(F)(F)F)cc2)c(C=O)c1. The van der Waals surface area contributed by atoms with Crippen LogP contribution in [0.5, 0.6) is 11.5 Å². The van der Waals surface area contributed by atoms with Crippen LogP contribution in [0.15, 0.2) is 42.5 Å². The minimum atomic E-state index is -4.44. The lowest BCUT2D eigenvalue weighted by molar-refractivity contribution is -0.137. The lowest BCUT2D eigenvalue weighted by atomic mass is 10.2. The van der Waals surface area contributed by atoms with Crippen LogP contribution in [-0.4, -0.2) is 25.9 Å². The third kappa shape index (κ3) is 4.97. The van der Waals surface area contributed by atoms with Crippen LogP contribution in [0.4, 0.5) is 18.9 Å². The number of carbonyl (C=O) groups is 2. The molecular formula is C17H14F3NO4. The van der Waals surface area contributed by atoms with E-state index in [1.165, 1.54) is 19.2 Å². The van der Waals surface area contributed by atoms with Gasteiger partial charge in [0.05, 0.1) is 18.2 Å². The Kier molecular flexibility index (Phi) is 5.63. The van der Waals surface area contributed by atoms with Crippen LogP contribution in [0.1, 0.15) is 15.9 Å². The molecule has 0 unspecified atom stereocenters. The van der Waals surface area contributed by atoms with Crippen LogP contribution in [0, 0.1) is 0 Å². The number of hydrogen-bond donors (Lipinski definition) is 1. The largest absolute Gasteiger partial charge is 0.497 e. The maximum atomic E-state index is 12.5. The second kappa shape index (κ2) is 7.69. The Morgan fingerprint density at radius 3 is 2.40 bits per heavy atom. The molecule has 8 heteroatoms. The molecule has 0 saturated heterocycles. The van der Waals surface area contributed by atoms with Crippen molar-refractivity contribution >= 4 is 17.9 Å². The van der Waals surface area contributed by atoms with E-state index in [-0.39, 0.29) is 17.0 Å². The quantitative estimate of drug-likeness (QED) is 0.807. The zero-order valence-corrected chi connectivity index (χ0v) is 13.1. The Morgan fingerprint density at radius 1 is 1.16 bits per heavy atom. The Morgan fingerprint density at radius 2 is 1.84 bits per heavy atom. The fourth-order valence-electron chi connectivity index (χ4n) is 1.96. The highest BCUT2D eigenvalue weighted by molar-refractivity contribution is 5.92. The molecule has 0 radical (unpaired) electrons. The maximum Gasteiger partial charge on any atom is 0.416 e. The number of aldehydes is 1. The van der Waals surface area contributed by atoms with Gasteiger partial charge in [0.2, 0.25) is 0 Å². The van der Waals surface area contributed by atoms with Gasteiger partial charge in [-0.1, -0.05) is 0 Å². The summed E-state index contributed by atoms with van der Waals surface area (Å²) in [6.07, 6.45) is -3.88. The normalized spacial score (nSPS) is 10.9. The molecule has 0 aliphatic carbocycles. The lowest BCUT2D eigenvalue weighted by Gasteiger charge is -2.11. The second-order valence-corrected chi connectivity index (χ2v) is 4.93. The summed E-state index contributed by atoms with van der Waals surface area (Å²) >= 11 is 0. The zero-order chi connectivity index (χ0) is 18.4. The minimum Gasteiger partial charge on any atom is -0.497 e. The highest BCUT2D eigenvalue weighted by Gasteiger charge is 2.29. The molecule has 0 bridgehead atoms. The van der Waals surface area contributed by atoms with Crippen molar-refractivity contribution in [1.29, 1.82) is 0 Å². The number of hydrogen-bond acceptors (Lipinski definition) is 4. The Labute approximate surface area is 141 Å². The van der Waals surface area contributed by atoms with E-state index in [2.05, 4.69) is 5.32 Å². The van der Waals surface area contributed by atoms with E-state index in [4.69, 9.17) is 9.47 Å². The van der Waals surface area contributed by atoms with Gasteiger partial charge in [-0.15, -0.1) is 0 Å². The van der Waals surface area contributed by atoms with E-state index in [1.807, 2.05) is 0 Å². The fourth-order valence-corrected chi connectivity index (χ4v) is 1.96. The summed E-state index contributed by atoms with van der Waals surface area (Å²) in [6, 6.07) is 8.52. The van der Waals surface area contributed by atoms with Crippen molar-refractivity contribution in [3.8, 4) is 11.5 Å². The topological polar surface area (TPSA) is 64.6 Å². The molecule has 2 aromatic rings. The lowest BCUT2D eigenvalue weighted by Crippen LogP contribution is -2.20. The van der Waals surface area contributed by atoms with Crippen molar-refractivity contribution in [2.45, 2.75) is 6.18 Å². The average molecular weight is 353 g/mol. The highest BCUT2D eigenvalue weighted by Crippen LogP contribution is 2.29. The molecule has 0 aliphatic rings. The number of benzene rings is 2. The fraction of sp³-hybridized carbons (Fsp3) is 0.176. The summed E-state index contributed by atoms with van der Waals surface area (Å²) < 4.78 is 47.7. The molecular weight excluding hydrogens is 339 g/mol. The summed E-state index contributed by atoms with van der Waals surface area (Å²) in [5.41, 5.74) is -0.399. The number of amides is 1. The Hall–Kier alpha value is -3.03. The van der Waals surface area contributed by atoms with Crippen molar-refractivity contribution in [3.63, 3.8) is 0 Å². The van der Waals surface area contributed by atoms with E-state index in [1.54, 1.807) is 6.07 Å². The number of halogens is 3. The number of carbonyl (C=O) groups excluding carboxylic acids is 2. The molecule has 0 spiro atoms. The molecule has 0 atom stereocenters. The number of nitrogens with one attached hydrogen (secondary N) is 1. The van der Waals surface area contributed by atoms with E-state index in [9.17, 15) is 22.8 Å². The third-order valence-corrected chi connectivity index (χ3v) is 3.20. The number of rotatable bonds is 6. The molecule has 0 aliphatic heterocycles. The van der Waals surface area contributed by atoms with E-state index in [0.717, 1.165) is 24.3 Å². The van der Waals surface area contributed by atoms with Gasteiger partial charge in [-0.05, 0) is 42.5 Å². The van der Waals surface area contributed by atoms with Crippen LogP contribution >= 0.6 is 0 Å². The Balaban J connectivity index is 1.96. The number of ether oxygens (including phenoxy) is 2. The van der Waals surface area contributed by atoms with Gasteiger partial charge in [0.15, 0.2) is 12.9 Å². The summed E-state index contributed by atoms with van der Waals surface area (Å²) in [5, 5.41) is 2.41. The molecule has 2 aromatic carbocycles. The second-order valence-electron chi connectivity index (χ2n) is 4.93. The van der Waals surface area contributed by atoms with Gasteiger partial charge in [-0.25, -0.2) is 0 Å². The predicted octanol–water partition coefficient (Wildman–Crippen LogP) is 3.54. The van der Waals surface area contributed by atoms with Crippen molar-refractivity contribution in [2.24, 2.45) is 0 Å². The molecule has 0 aromatic heterocycles. The molecule has 2 rings (SSSR count).